The summed E-state index contributed by atoms with van der Waals surface area (Å²) in [6.07, 6.45) is 7.82. The van der Waals surface area contributed by atoms with Crippen LogP contribution in [0.2, 0.25) is 0 Å². The number of nitrogens with zero attached hydrogens (tertiary/aromatic N) is 3. The summed E-state index contributed by atoms with van der Waals surface area (Å²) in [5.41, 5.74) is 3.08. The van der Waals surface area contributed by atoms with Gasteiger partial charge in [-0.15, -0.1) is 0 Å². The van der Waals surface area contributed by atoms with Crippen molar-refractivity contribution in [3.8, 4) is 0 Å². The van der Waals surface area contributed by atoms with Crippen molar-refractivity contribution in [2.75, 3.05) is 0 Å². The molecule has 0 aromatic rings. The van der Waals surface area contributed by atoms with Crippen molar-refractivity contribution in [3.63, 3.8) is 0 Å². The van der Waals surface area contributed by atoms with Crippen LogP contribution in [-0.2, 0) is 0 Å². The number of aliphatic imine (C=N–C) groups is 1. The van der Waals surface area contributed by atoms with E-state index in [4.69, 9.17) is 11.6 Å². The predicted octanol–water partition coefficient (Wildman–Crippen LogP) is 1.70. The molecule has 2 bridgehead atoms. The van der Waals surface area contributed by atoms with Gasteiger partial charge in [0.05, 0.1) is 0 Å². The number of rotatable bonds is 1. The minimum atomic E-state index is -0.0540. The molecule has 0 saturated heterocycles. The van der Waals surface area contributed by atoms with Gasteiger partial charge in [0.25, 0.3) is 0 Å². The molecule has 4 nitrogen and oxygen atoms in total. The molecule has 0 amide bonds. The van der Waals surface area contributed by atoms with Crippen molar-refractivity contribution in [2.24, 2.45) is 27.8 Å². The van der Waals surface area contributed by atoms with E-state index in [1.165, 1.54) is 25.1 Å². The van der Waals surface area contributed by atoms with Crippen molar-refractivity contribution in [2.45, 2.75) is 25.4 Å². The van der Waals surface area contributed by atoms with Gasteiger partial charge in [-0.2, -0.15) is 5.10 Å². The van der Waals surface area contributed by atoms with Crippen LogP contribution in [0.3, 0.4) is 0 Å². The molecule has 84 valence electrons. The van der Waals surface area contributed by atoms with Crippen LogP contribution in [0.5, 0.6) is 0 Å². The molecule has 1 N–H and O–H groups in total. The topological polar surface area (TPSA) is 40.0 Å². The van der Waals surface area contributed by atoms with E-state index < -0.39 is 0 Å². The van der Waals surface area contributed by atoms with Crippen LogP contribution in [0.15, 0.2) is 22.5 Å². The normalized spacial score (nSPS) is 43.4. The molecule has 4 atom stereocenters. The Morgan fingerprint density at radius 1 is 1.38 bits per heavy atom. The van der Waals surface area contributed by atoms with E-state index in [0.29, 0.717) is 11.1 Å². The first kappa shape index (κ1) is 9.05. The first-order valence-corrected chi connectivity index (χ1v) is 6.23. The maximum Gasteiger partial charge on any atom is 0.174 e. The molecule has 0 spiro atoms. The van der Waals surface area contributed by atoms with Gasteiger partial charge in [-0.1, -0.05) is 11.6 Å². The lowest BCUT2D eigenvalue weighted by atomic mass is 9.71. The molecule has 2 aliphatic heterocycles. The lowest BCUT2D eigenvalue weighted by molar-refractivity contribution is 0.216. The van der Waals surface area contributed by atoms with E-state index in [9.17, 15) is 0 Å². The van der Waals surface area contributed by atoms with E-state index >= 15 is 0 Å². The van der Waals surface area contributed by atoms with Crippen LogP contribution < -0.4 is 5.43 Å². The van der Waals surface area contributed by atoms with Gasteiger partial charge in [-0.3, -0.25) is 5.43 Å². The van der Waals surface area contributed by atoms with Gasteiger partial charge in [-0.05, 0) is 31.1 Å². The fraction of sp³-hybridized carbons (Fsp3) is 0.636. The van der Waals surface area contributed by atoms with Crippen LogP contribution in [0.25, 0.3) is 0 Å². The predicted molar refractivity (Wildman–Crippen MR) is 62.9 cm³/mol. The Morgan fingerprint density at radius 2 is 2.19 bits per heavy atom. The van der Waals surface area contributed by atoms with Crippen molar-refractivity contribution in [3.05, 3.63) is 12.4 Å². The Morgan fingerprint density at radius 3 is 2.94 bits per heavy atom. The number of amidine groups is 1. The summed E-state index contributed by atoms with van der Waals surface area (Å²) in [6, 6.07) is 0. The number of fused-ring (bicyclic) bond motifs is 2. The fourth-order valence-corrected chi connectivity index (χ4v) is 3.73. The third-order valence-corrected chi connectivity index (χ3v) is 4.63. The smallest absolute Gasteiger partial charge is 0.174 e. The van der Waals surface area contributed by atoms with E-state index in [-0.39, 0.29) is 6.17 Å². The molecule has 0 radical (unpaired) electrons. The summed E-state index contributed by atoms with van der Waals surface area (Å²) in [5.74, 6) is 3.54. The van der Waals surface area contributed by atoms with Gasteiger partial charge in [-0.25, -0.2) is 4.99 Å². The third kappa shape index (κ3) is 1.01. The minimum absolute atomic E-state index is 0.0540. The van der Waals surface area contributed by atoms with Crippen molar-refractivity contribution < 1.29 is 0 Å². The summed E-state index contributed by atoms with van der Waals surface area (Å²) in [5, 5.41) is 5.05. The fourth-order valence-electron chi connectivity index (χ4n) is 3.52. The van der Waals surface area contributed by atoms with Crippen LogP contribution in [0.1, 0.15) is 19.3 Å². The average Bonchev–Trinajstić information content (AvgIpc) is 2.92. The van der Waals surface area contributed by atoms with Gasteiger partial charge in [0, 0.05) is 18.3 Å². The standard InChI is InChI=1S/C11H13ClN4/c12-9-11-15-14-10(16(11)4-3-13-9)8-6-1-2-7(8)5-6/h3-4,6-8,11,15H,1-2,5H2/t6-,7?,8?,11?/m0/s1. The lowest BCUT2D eigenvalue weighted by Crippen LogP contribution is -2.47. The number of hydrazone groups is 1. The molecular formula is C11H13ClN4. The van der Waals surface area contributed by atoms with Crippen LogP contribution in [-0.4, -0.2) is 22.1 Å². The van der Waals surface area contributed by atoms with Crippen molar-refractivity contribution in [1.82, 2.24) is 10.3 Å². The lowest BCUT2D eigenvalue weighted by Gasteiger charge is -2.38. The molecule has 5 aliphatic rings. The summed E-state index contributed by atoms with van der Waals surface area (Å²) >= 11 is 6.06. The van der Waals surface area contributed by atoms with Gasteiger partial charge in [0.2, 0.25) is 0 Å². The van der Waals surface area contributed by atoms with Gasteiger partial charge in [0.15, 0.2) is 11.3 Å². The highest BCUT2D eigenvalue weighted by atomic mass is 35.5. The first-order chi connectivity index (χ1) is 7.84. The molecule has 3 fully saturated rings. The highest BCUT2D eigenvalue weighted by Gasteiger charge is 2.52. The second-order valence-corrected chi connectivity index (χ2v) is 5.41. The molecule has 3 saturated carbocycles. The Kier molecular flexibility index (Phi) is 1.70. The molecule has 5 heteroatoms. The summed E-state index contributed by atoms with van der Waals surface area (Å²) < 4.78 is 0. The Labute approximate surface area is 99.0 Å². The highest BCUT2D eigenvalue weighted by Crippen LogP contribution is 2.54. The summed E-state index contributed by atoms with van der Waals surface area (Å²) in [6.45, 7) is 0. The maximum atomic E-state index is 6.06. The minimum Gasteiger partial charge on any atom is -0.305 e. The molecular weight excluding hydrogens is 224 g/mol. The second-order valence-electron chi connectivity index (χ2n) is 5.02. The molecule has 3 aliphatic carbocycles. The second kappa shape index (κ2) is 3.00. The molecule has 16 heavy (non-hydrogen) atoms. The Bertz CT molecular complexity index is 414. The van der Waals surface area contributed by atoms with Gasteiger partial charge in [0.1, 0.15) is 5.84 Å². The molecule has 0 aromatic heterocycles. The third-order valence-electron chi connectivity index (χ3n) is 4.32. The molecule has 3 unspecified atom stereocenters. The first-order valence-electron chi connectivity index (χ1n) is 5.86. The highest BCUT2D eigenvalue weighted by molar-refractivity contribution is 6.67. The molecule has 2 heterocycles. The van der Waals surface area contributed by atoms with E-state index in [0.717, 1.165) is 11.8 Å². The summed E-state index contributed by atoms with van der Waals surface area (Å²) in [7, 11) is 0. The Hall–Kier alpha value is -1.03. The number of hydrogen-bond acceptors (Lipinski definition) is 4. The summed E-state index contributed by atoms with van der Waals surface area (Å²) in [4.78, 5) is 6.23. The monoisotopic (exact) mass is 236 g/mol. The number of hydrogen-bond donors (Lipinski definition) is 1. The largest absolute Gasteiger partial charge is 0.305 e. The van der Waals surface area contributed by atoms with E-state index in [1.807, 2.05) is 6.20 Å². The van der Waals surface area contributed by atoms with E-state index in [2.05, 4.69) is 20.4 Å². The van der Waals surface area contributed by atoms with Crippen LogP contribution in [0.4, 0.5) is 0 Å². The van der Waals surface area contributed by atoms with Gasteiger partial charge >= 0.3 is 0 Å². The number of nitrogens with one attached hydrogen (secondary N) is 1. The zero-order valence-corrected chi connectivity index (χ0v) is 9.56. The maximum absolute atomic E-state index is 6.06. The van der Waals surface area contributed by atoms with E-state index in [1.54, 1.807) is 6.20 Å². The van der Waals surface area contributed by atoms with Crippen molar-refractivity contribution in [1.29, 1.82) is 0 Å². The quantitative estimate of drug-likeness (QED) is 0.753. The number of halogens is 1. The zero-order chi connectivity index (χ0) is 10.7. The van der Waals surface area contributed by atoms with Crippen LogP contribution in [0, 0.1) is 17.8 Å². The zero-order valence-electron chi connectivity index (χ0n) is 8.81. The van der Waals surface area contributed by atoms with Gasteiger partial charge < -0.3 is 4.90 Å². The van der Waals surface area contributed by atoms with Crippen molar-refractivity contribution >= 4 is 22.6 Å². The SMILES string of the molecule is ClC1=NC=CN2C(C3C4CC[C@H]3C4)=NNC12. The molecule has 5 rings (SSSR count). The Balaban J connectivity index is 1.63. The average molecular weight is 237 g/mol. The van der Waals surface area contributed by atoms with Crippen LogP contribution >= 0.6 is 11.6 Å². The molecule has 0 aromatic carbocycles.